The van der Waals surface area contributed by atoms with Crippen molar-refractivity contribution in [1.82, 2.24) is 20.6 Å². The minimum absolute atomic E-state index is 0.0836. The number of carbonyl (C=O) groups is 2. The van der Waals surface area contributed by atoms with Crippen molar-refractivity contribution in [3.63, 3.8) is 0 Å². The standard InChI is InChI=1S/C28H31N5O5S/c1-19-3-9-24(10-4-19)39(36,37)18-38-27(35)23-11-22(14-30-15-23)26(34)33-28(2,25-16-31-17-32-25)12-20-5-7-21(13-29)8-6-20/h3-10,16-17,22-23,30H,11-12,14-15,18H2,1-2H3,(H,31,32)(H,33,34)/t22?,23?,28-/m0/s1. The quantitative estimate of drug-likeness (QED) is 0.344. The average Bonchev–Trinajstić information content (AvgIpc) is 3.49. The topological polar surface area (TPSA) is 154 Å². The molecule has 2 heterocycles. The Hall–Kier alpha value is -4.01. The lowest BCUT2D eigenvalue weighted by Gasteiger charge is -2.34. The molecule has 3 atom stereocenters. The van der Waals surface area contributed by atoms with Gasteiger partial charge in [0.2, 0.25) is 15.7 Å². The van der Waals surface area contributed by atoms with E-state index in [0.29, 0.717) is 24.2 Å². The molecular weight excluding hydrogens is 518 g/mol. The predicted octanol–water partition coefficient (Wildman–Crippen LogP) is 2.36. The van der Waals surface area contributed by atoms with Gasteiger partial charge in [-0.2, -0.15) is 5.26 Å². The van der Waals surface area contributed by atoms with Gasteiger partial charge in [0.05, 0.1) is 52.1 Å². The summed E-state index contributed by atoms with van der Waals surface area (Å²) in [7, 11) is -3.79. The number of ether oxygens (including phenoxy) is 1. The van der Waals surface area contributed by atoms with Crippen LogP contribution in [0.4, 0.5) is 0 Å². The molecule has 1 aromatic heterocycles. The molecule has 1 fully saturated rings. The van der Waals surface area contributed by atoms with Crippen molar-refractivity contribution in [3.05, 3.63) is 83.4 Å². The fourth-order valence-corrected chi connectivity index (χ4v) is 5.59. The molecule has 1 amide bonds. The van der Waals surface area contributed by atoms with Crippen molar-refractivity contribution in [2.24, 2.45) is 11.8 Å². The monoisotopic (exact) mass is 549 g/mol. The first kappa shape index (κ1) is 28.0. The number of esters is 1. The van der Waals surface area contributed by atoms with Crippen LogP contribution in [-0.4, -0.2) is 49.3 Å². The molecule has 1 aliphatic rings. The second-order valence-corrected chi connectivity index (χ2v) is 12.0. The van der Waals surface area contributed by atoms with Crippen molar-refractivity contribution in [2.45, 2.75) is 37.1 Å². The third-order valence-electron chi connectivity index (χ3n) is 6.92. The van der Waals surface area contributed by atoms with Crippen LogP contribution in [0.25, 0.3) is 0 Å². The van der Waals surface area contributed by atoms with Gasteiger partial charge in [0, 0.05) is 19.5 Å². The molecule has 1 saturated heterocycles. The zero-order valence-electron chi connectivity index (χ0n) is 21.8. The number of aryl methyl sites for hydroxylation is 1. The highest BCUT2D eigenvalue weighted by Crippen LogP contribution is 2.27. The van der Waals surface area contributed by atoms with Gasteiger partial charge in [-0.25, -0.2) is 13.4 Å². The molecule has 204 valence electrons. The number of nitriles is 1. The van der Waals surface area contributed by atoms with E-state index in [1.165, 1.54) is 18.5 Å². The van der Waals surface area contributed by atoms with Gasteiger partial charge in [0.15, 0.2) is 5.94 Å². The van der Waals surface area contributed by atoms with E-state index >= 15 is 0 Å². The van der Waals surface area contributed by atoms with Gasteiger partial charge in [-0.1, -0.05) is 29.8 Å². The average molecular weight is 550 g/mol. The Labute approximate surface area is 227 Å². The molecule has 0 aliphatic carbocycles. The zero-order valence-corrected chi connectivity index (χ0v) is 22.6. The number of nitrogens with zero attached hydrogens (tertiary/aromatic N) is 2. The maximum Gasteiger partial charge on any atom is 0.311 e. The number of hydrogen-bond donors (Lipinski definition) is 3. The number of sulfone groups is 1. The lowest BCUT2D eigenvalue weighted by atomic mass is 9.86. The Kier molecular flexibility index (Phi) is 8.47. The molecular formula is C28H31N5O5S. The molecule has 0 radical (unpaired) electrons. The van der Waals surface area contributed by atoms with Crippen molar-refractivity contribution < 1.29 is 22.7 Å². The second kappa shape index (κ2) is 11.8. The van der Waals surface area contributed by atoms with Crippen LogP contribution in [0.1, 0.15) is 35.7 Å². The molecule has 11 heteroatoms. The number of nitrogens with one attached hydrogen (secondary N) is 3. The molecule has 3 N–H and O–H groups in total. The second-order valence-electron chi connectivity index (χ2n) is 10.1. The van der Waals surface area contributed by atoms with Gasteiger partial charge in [0.25, 0.3) is 0 Å². The normalized spacial score (nSPS) is 18.9. The minimum Gasteiger partial charge on any atom is -0.449 e. The third kappa shape index (κ3) is 6.90. The van der Waals surface area contributed by atoms with Crippen molar-refractivity contribution >= 4 is 21.7 Å². The predicted molar refractivity (Wildman–Crippen MR) is 143 cm³/mol. The van der Waals surface area contributed by atoms with E-state index in [1.807, 2.05) is 26.0 Å². The number of aromatic nitrogens is 2. The largest absolute Gasteiger partial charge is 0.449 e. The first-order valence-corrected chi connectivity index (χ1v) is 14.2. The zero-order chi connectivity index (χ0) is 28.0. The number of benzene rings is 2. The molecule has 0 saturated carbocycles. The van der Waals surface area contributed by atoms with E-state index in [-0.39, 0.29) is 23.8 Å². The summed E-state index contributed by atoms with van der Waals surface area (Å²) in [5.74, 6) is -2.87. The van der Waals surface area contributed by atoms with Gasteiger partial charge in [0.1, 0.15) is 0 Å². The maximum atomic E-state index is 13.4. The molecule has 4 rings (SSSR count). The van der Waals surface area contributed by atoms with Crippen LogP contribution < -0.4 is 10.6 Å². The van der Waals surface area contributed by atoms with E-state index < -0.39 is 39.1 Å². The summed E-state index contributed by atoms with van der Waals surface area (Å²) in [6, 6.07) is 15.6. The molecule has 0 bridgehead atoms. The summed E-state index contributed by atoms with van der Waals surface area (Å²) in [5, 5.41) is 15.3. The minimum atomic E-state index is -3.79. The number of aromatic amines is 1. The molecule has 10 nitrogen and oxygen atoms in total. The fourth-order valence-electron chi connectivity index (χ4n) is 4.63. The summed E-state index contributed by atoms with van der Waals surface area (Å²) in [4.78, 5) is 33.5. The van der Waals surface area contributed by atoms with Crippen LogP contribution >= 0.6 is 0 Å². The van der Waals surface area contributed by atoms with Crippen molar-refractivity contribution in [3.8, 4) is 6.07 Å². The Morgan fingerprint density at radius 3 is 2.46 bits per heavy atom. The van der Waals surface area contributed by atoms with Crippen LogP contribution in [0, 0.1) is 30.1 Å². The summed E-state index contributed by atoms with van der Waals surface area (Å²) in [6.45, 7) is 4.39. The molecule has 1 aliphatic heterocycles. The number of imidazole rings is 1. The summed E-state index contributed by atoms with van der Waals surface area (Å²) >= 11 is 0. The van der Waals surface area contributed by atoms with Crippen LogP contribution in [-0.2, 0) is 36.1 Å². The first-order valence-electron chi connectivity index (χ1n) is 12.6. The highest BCUT2D eigenvalue weighted by atomic mass is 32.2. The van der Waals surface area contributed by atoms with Crippen LogP contribution in [0.15, 0.2) is 66.0 Å². The Balaban J connectivity index is 1.40. The van der Waals surface area contributed by atoms with Crippen molar-refractivity contribution in [1.29, 1.82) is 5.26 Å². The number of rotatable bonds is 9. The highest BCUT2D eigenvalue weighted by molar-refractivity contribution is 7.91. The fraction of sp³-hybridized carbons (Fsp3) is 0.357. The Bertz CT molecular complexity index is 1450. The number of hydrogen-bond acceptors (Lipinski definition) is 8. The lowest BCUT2D eigenvalue weighted by Crippen LogP contribution is -2.52. The summed E-state index contributed by atoms with van der Waals surface area (Å²) in [5.41, 5.74) is 2.26. The Morgan fingerprint density at radius 1 is 1.13 bits per heavy atom. The van der Waals surface area contributed by atoms with Crippen LogP contribution in [0.5, 0.6) is 0 Å². The maximum absolute atomic E-state index is 13.4. The van der Waals surface area contributed by atoms with Gasteiger partial charge in [-0.3, -0.25) is 9.59 Å². The molecule has 3 aromatic rings. The van der Waals surface area contributed by atoms with E-state index in [2.05, 4.69) is 26.7 Å². The summed E-state index contributed by atoms with van der Waals surface area (Å²) in [6.07, 6.45) is 3.85. The molecule has 2 aromatic carbocycles. The van der Waals surface area contributed by atoms with Crippen LogP contribution in [0.2, 0.25) is 0 Å². The van der Waals surface area contributed by atoms with Gasteiger partial charge in [-0.15, -0.1) is 0 Å². The van der Waals surface area contributed by atoms with Gasteiger partial charge in [-0.05, 0) is 50.1 Å². The molecule has 2 unspecified atom stereocenters. The van der Waals surface area contributed by atoms with E-state index in [9.17, 15) is 18.0 Å². The van der Waals surface area contributed by atoms with Crippen LogP contribution in [0.3, 0.4) is 0 Å². The van der Waals surface area contributed by atoms with Gasteiger partial charge >= 0.3 is 5.97 Å². The lowest BCUT2D eigenvalue weighted by molar-refractivity contribution is -0.148. The SMILES string of the molecule is Cc1ccc(S(=O)(=O)COC(=O)C2CNCC(C(=O)N[C@@](C)(Cc3ccc(C#N)cc3)c3cnc[nH]3)C2)cc1. The van der Waals surface area contributed by atoms with E-state index in [1.54, 1.807) is 30.5 Å². The number of H-pyrrole nitrogens is 1. The Morgan fingerprint density at radius 2 is 1.82 bits per heavy atom. The van der Waals surface area contributed by atoms with E-state index in [4.69, 9.17) is 10.00 Å². The number of amides is 1. The highest BCUT2D eigenvalue weighted by Gasteiger charge is 2.37. The summed E-state index contributed by atoms with van der Waals surface area (Å²) < 4.78 is 30.3. The number of piperidine rings is 1. The number of carbonyl (C=O) groups excluding carboxylic acids is 2. The third-order valence-corrected chi connectivity index (χ3v) is 8.34. The molecule has 0 spiro atoms. The smallest absolute Gasteiger partial charge is 0.311 e. The first-order chi connectivity index (χ1) is 18.6. The van der Waals surface area contributed by atoms with Gasteiger partial charge < -0.3 is 20.4 Å². The van der Waals surface area contributed by atoms with E-state index in [0.717, 1.165) is 11.1 Å². The molecule has 39 heavy (non-hydrogen) atoms. The van der Waals surface area contributed by atoms with Crippen molar-refractivity contribution in [2.75, 3.05) is 19.0 Å².